The summed E-state index contributed by atoms with van der Waals surface area (Å²) >= 11 is 0. The maximum atomic E-state index is 12.1. The van der Waals surface area contributed by atoms with E-state index in [1.165, 1.54) is 0 Å². The lowest BCUT2D eigenvalue weighted by molar-refractivity contribution is -0.123. The summed E-state index contributed by atoms with van der Waals surface area (Å²) in [4.78, 5) is 12.1. The molecule has 5 nitrogen and oxygen atoms in total. The van der Waals surface area contributed by atoms with Crippen LogP contribution in [0.2, 0.25) is 0 Å². The third-order valence-corrected chi connectivity index (χ3v) is 4.56. The molecule has 0 aromatic heterocycles. The maximum absolute atomic E-state index is 12.1. The fraction of sp³-hybridized carbons (Fsp3) is 0.929. The van der Waals surface area contributed by atoms with Crippen molar-refractivity contribution in [3.8, 4) is 0 Å². The van der Waals surface area contributed by atoms with Gasteiger partial charge in [-0.2, -0.15) is 0 Å². The Balaban J connectivity index is 0.00000147. The van der Waals surface area contributed by atoms with Crippen molar-refractivity contribution in [1.29, 1.82) is 0 Å². The van der Waals surface area contributed by atoms with E-state index in [-0.39, 0.29) is 24.4 Å². The van der Waals surface area contributed by atoms with Crippen molar-refractivity contribution in [1.82, 2.24) is 10.6 Å². The molecule has 3 fully saturated rings. The Morgan fingerprint density at radius 3 is 2.95 bits per heavy atom. The lowest BCUT2D eigenvalue weighted by Crippen LogP contribution is -2.49. The van der Waals surface area contributed by atoms with Crippen LogP contribution in [0.25, 0.3) is 0 Å². The fourth-order valence-corrected chi connectivity index (χ4v) is 3.60. The summed E-state index contributed by atoms with van der Waals surface area (Å²) in [7, 11) is 0. The largest absolute Gasteiger partial charge is 0.378 e. The van der Waals surface area contributed by atoms with Gasteiger partial charge in [-0.3, -0.25) is 4.79 Å². The van der Waals surface area contributed by atoms with E-state index in [4.69, 9.17) is 9.47 Å². The Labute approximate surface area is 126 Å². The molecule has 0 aromatic rings. The second-order valence-corrected chi connectivity index (χ2v) is 5.90. The van der Waals surface area contributed by atoms with Crippen LogP contribution in [0.4, 0.5) is 0 Å². The van der Waals surface area contributed by atoms with Crippen molar-refractivity contribution in [2.45, 2.75) is 50.3 Å². The first-order valence-electron chi connectivity index (χ1n) is 7.55. The van der Waals surface area contributed by atoms with Gasteiger partial charge in [0.25, 0.3) is 0 Å². The topological polar surface area (TPSA) is 59.6 Å². The molecular formula is C14H25ClN2O3. The zero-order valence-corrected chi connectivity index (χ0v) is 12.6. The van der Waals surface area contributed by atoms with Gasteiger partial charge in [0.05, 0.1) is 19.3 Å². The molecule has 20 heavy (non-hydrogen) atoms. The normalized spacial score (nSPS) is 36.8. The summed E-state index contributed by atoms with van der Waals surface area (Å²) in [5, 5.41) is 6.55. The highest BCUT2D eigenvalue weighted by Gasteiger charge is 2.38. The Morgan fingerprint density at radius 1 is 1.25 bits per heavy atom. The standard InChI is InChI=1S/C14H24N2O3.ClH/c17-14(8-10-9-18-7-5-15-10)16-12-2-1-3-13-11(12)4-6-19-13;/h10-13,15H,1-9H2,(H,16,17);1H. The second-order valence-electron chi connectivity index (χ2n) is 5.90. The number of fused-ring (bicyclic) bond motifs is 1. The third-order valence-electron chi connectivity index (χ3n) is 4.56. The van der Waals surface area contributed by atoms with Gasteiger partial charge < -0.3 is 20.1 Å². The monoisotopic (exact) mass is 304 g/mol. The first-order chi connectivity index (χ1) is 9.33. The molecule has 1 aliphatic carbocycles. The van der Waals surface area contributed by atoms with Gasteiger partial charge in [-0.1, -0.05) is 0 Å². The van der Waals surface area contributed by atoms with Crippen LogP contribution in [0.3, 0.4) is 0 Å². The minimum atomic E-state index is 0. The average molecular weight is 305 g/mol. The summed E-state index contributed by atoms with van der Waals surface area (Å²) in [6, 6.07) is 0.492. The Morgan fingerprint density at radius 2 is 2.15 bits per heavy atom. The van der Waals surface area contributed by atoms with Gasteiger partial charge in [0.15, 0.2) is 0 Å². The van der Waals surface area contributed by atoms with Crippen LogP contribution in [0.1, 0.15) is 32.1 Å². The molecule has 2 heterocycles. The smallest absolute Gasteiger partial charge is 0.221 e. The lowest BCUT2D eigenvalue weighted by Gasteiger charge is -2.33. The number of carbonyl (C=O) groups excluding carboxylic acids is 1. The average Bonchev–Trinajstić information content (AvgIpc) is 2.89. The quantitative estimate of drug-likeness (QED) is 0.812. The van der Waals surface area contributed by atoms with Crippen molar-refractivity contribution < 1.29 is 14.3 Å². The molecule has 2 aliphatic heterocycles. The molecule has 4 unspecified atom stereocenters. The molecule has 2 N–H and O–H groups in total. The molecule has 6 heteroatoms. The number of carbonyl (C=O) groups is 1. The molecule has 1 saturated carbocycles. The van der Waals surface area contributed by atoms with Crippen LogP contribution < -0.4 is 10.6 Å². The van der Waals surface area contributed by atoms with Crippen molar-refractivity contribution >= 4 is 18.3 Å². The van der Waals surface area contributed by atoms with Crippen molar-refractivity contribution in [3.63, 3.8) is 0 Å². The maximum Gasteiger partial charge on any atom is 0.221 e. The number of halogens is 1. The number of ether oxygens (including phenoxy) is 2. The van der Waals surface area contributed by atoms with Crippen LogP contribution in [0, 0.1) is 5.92 Å². The molecule has 4 atom stereocenters. The minimum absolute atomic E-state index is 0. The zero-order valence-electron chi connectivity index (χ0n) is 11.8. The first-order valence-corrected chi connectivity index (χ1v) is 7.55. The van der Waals surface area contributed by atoms with Crippen molar-refractivity contribution in [2.24, 2.45) is 5.92 Å². The summed E-state index contributed by atoms with van der Waals surface area (Å²) in [6.07, 6.45) is 5.43. The van der Waals surface area contributed by atoms with E-state index < -0.39 is 0 Å². The molecule has 0 radical (unpaired) electrons. The summed E-state index contributed by atoms with van der Waals surface area (Å²) in [5.41, 5.74) is 0. The molecule has 1 amide bonds. The molecule has 0 spiro atoms. The van der Waals surface area contributed by atoms with Gasteiger partial charge in [-0.15, -0.1) is 12.4 Å². The molecule has 3 aliphatic rings. The Hall–Kier alpha value is -0.360. The minimum Gasteiger partial charge on any atom is -0.378 e. The zero-order chi connectivity index (χ0) is 13.1. The highest BCUT2D eigenvalue weighted by atomic mass is 35.5. The highest BCUT2D eigenvalue weighted by Crippen LogP contribution is 2.34. The van der Waals surface area contributed by atoms with Gasteiger partial charge in [0, 0.05) is 37.6 Å². The van der Waals surface area contributed by atoms with E-state index in [1.54, 1.807) is 0 Å². The molecule has 116 valence electrons. The predicted molar refractivity (Wildman–Crippen MR) is 78.1 cm³/mol. The summed E-state index contributed by atoms with van der Waals surface area (Å²) < 4.78 is 11.1. The van der Waals surface area contributed by atoms with Gasteiger partial charge in [-0.05, 0) is 25.7 Å². The van der Waals surface area contributed by atoms with Crippen LogP contribution >= 0.6 is 12.4 Å². The van der Waals surface area contributed by atoms with Gasteiger partial charge in [-0.25, -0.2) is 0 Å². The molecule has 3 rings (SSSR count). The van der Waals surface area contributed by atoms with Gasteiger partial charge >= 0.3 is 0 Å². The van der Waals surface area contributed by atoms with Crippen molar-refractivity contribution in [2.75, 3.05) is 26.4 Å². The number of morpholine rings is 1. The van der Waals surface area contributed by atoms with E-state index in [1.807, 2.05) is 0 Å². The number of rotatable bonds is 3. The molecule has 2 saturated heterocycles. The SMILES string of the molecule is Cl.O=C(CC1COCCN1)NC1CCCC2OCCC12. The Kier molecular flexibility index (Phi) is 6.08. The number of nitrogens with one attached hydrogen (secondary N) is 2. The highest BCUT2D eigenvalue weighted by molar-refractivity contribution is 5.85. The first kappa shape index (κ1) is 16.0. The number of hydrogen-bond donors (Lipinski definition) is 2. The van der Waals surface area contributed by atoms with Gasteiger partial charge in [0.1, 0.15) is 0 Å². The van der Waals surface area contributed by atoms with E-state index in [2.05, 4.69) is 10.6 Å². The van der Waals surface area contributed by atoms with Crippen LogP contribution in [0.15, 0.2) is 0 Å². The molecule has 0 bridgehead atoms. The van der Waals surface area contributed by atoms with E-state index >= 15 is 0 Å². The van der Waals surface area contributed by atoms with Crippen LogP contribution in [-0.2, 0) is 14.3 Å². The predicted octanol–water partition coefficient (Wildman–Crippen LogP) is 0.861. The van der Waals surface area contributed by atoms with Crippen LogP contribution in [-0.4, -0.2) is 50.5 Å². The number of amides is 1. The van der Waals surface area contributed by atoms with Gasteiger partial charge in [0.2, 0.25) is 5.91 Å². The second kappa shape index (κ2) is 7.59. The molecular weight excluding hydrogens is 280 g/mol. The third kappa shape index (κ3) is 3.85. The summed E-state index contributed by atoms with van der Waals surface area (Å²) in [6.45, 7) is 3.11. The van der Waals surface area contributed by atoms with E-state index in [9.17, 15) is 4.79 Å². The van der Waals surface area contributed by atoms with Crippen molar-refractivity contribution in [3.05, 3.63) is 0 Å². The van der Waals surface area contributed by atoms with E-state index in [0.717, 1.165) is 45.4 Å². The van der Waals surface area contributed by atoms with E-state index in [0.29, 0.717) is 31.1 Å². The number of hydrogen-bond acceptors (Lipinski definition) is 4. The fourth-order valence-electron chi connectivity index (χ4n) is 3.60. The lowest BCUT2D eigenvalue weighted by atomic mass is 9.81. The van der Waals surface area contributed by atoms with Crippen LogP contribution in [0.5, 0.6) is 0 Å². The Bertz CT molecular complexity index is 324. The summed E-state index contributed by atoms with van der Waals surface area (Å²) in [5.74, 6) is 0.689. The molecule has 0 aromatic carbocycles.